The average Bonchev–Trinajstić information content (AvgIpc) is 3.12. The van der Waals surface area contributed by atoms with E-state index in [1.165, 1.54) is 36.4 Å². The maximum absolute atomic E-state index is 12.8. The summed E-state index contributed by atoms with van der Waals surface area (Å²) in [6.07, 6.45) is -18.5. The quantitative estimate of drug-likeness (QED) is 0.128. The average molecular weight is 886 g/mol. The standard InChI is InChI=1S/C9H2ClF3N2.C9H4F3N3.C8H2ClF4N.C8H4ClF3N2/c10-7-1-5(3-14)8(9(11,12)13)6(2-7)4-15;10-9(11,12)7-1-5(3-13)8(15)6(2-7)4-14;9-6-2-5(8(11,12)13)1-4(3-14)7(6)10;9-6-2-5(8(10,11)12)1-4(3-13)7(6)14/h1-2H;1-2H,15H2;1-2H;1-2H,14H2. The summed E-state index contributed by atoms with van der Waals surface area (Å²) in [5, 5.41) is 49.8. The molecule has 0 unspecified atom stereocenters. The van der Waals surface area contributed by atoms with Gasteiger partial charge < -0.3 is 11.5 Å². The largest absolute Gasteiger partial charge is 0.418 e. The fourth-order valence-corrected chi connectivity index (χ4v) is 4.46. The Bertz CT molecular complexity index is 2300. The highest BCUT2D eigenvalue weighted by atomic mass is 35.5. The Morgan fingerprint density at radius 3 is 1.00 bits per heavy atom. The second-order valence-electron chi connectivity index (χ2n) is 10.3. The van der Waals surface area contributed by atoms with E-state index in [0.717, 1.165) is 12.1 Å². The van der Waals surface area contributed by atoms with E-state index in [-0.39, 0.29) is 38.1 Å². The van der Waals surface area contributed by atoms with Crippen molar-refractivity contribution in [3.8, 4) is 36.4 Å². The first-order valence-corrected chi connectivity index (χ1v) is 15.2. The van der Waals surface area contributed by atoms with Crippen molar-refractivity contribution in [3.05, 3.63) is 125 Å². The number of alkyl halides is 12. The number of nitriles is 6. The van der Waals surface area contributed by atoms with Gasteiger partial charge in [0, 0.05) is 5.02 Å². The van der Waals surface area contributed by atoms with Gasteiger partial charge in [-0.3, -0.25) is 0 Å². The summed E-state index contributed by atoms with van der Waals surface area (Å²) in [7, 11) is 0. The zero-order chi connectivity index (χ0) is 45.1. The highest BCUT2D eigenvalue weighted by Gasteiger charge is 2.37. The van der Waals surface area contributed by atoms with E-state index in [0.29, 0.717) is 36.4 Å². The summed E-state index contributed by atoms with van der Waals surface area (Å²) in [4.78, 5) is 0. The van der Waals surface area contributed by atoms with Crippen molar-refractivity contribution in [2.45, 2.75) is 24.7 Å². The van der Waals surface area contributed by atoms with E-state index in [1.807, 2.05) is 0 Å². The zero-order valence-electron chi connectivity index (χ0n) is 27.5. The Hall–Kier alpha value is -6.62. The van der Waals surface area contributed by atoms with E-state index in [2.05, 4.69) is 0 Å². The molecule has 4 aromatic rings. The summed E-state index contributed by atoms with van der Waals surface area (Å²) in [6, 6.07) is 13.8. The van der Waals surface area contributed by atoms with Gasteiger partial charge in [-0.2, -0.15) is 84.3 Å². The third kappa shape index (κ3) is 13.3. The molecule has 0 heterocycles. The van der Waals surface area contributed by atoms with E-state index in [9.17, 15) is 57.1 Å². The van der Waals surface area contributed by atoms with Gasteiger partial charge >= 0.3 is 24.7 Å². The Morgan fingerprint density at radius 2 is 0.690 bits per heavy atom. The van der Waals surface area contributed by atoms with Crippen LogP contribution in [-0.4, -0.2) is 0 Å². The molecule has 0 aromatic heterocycles. The predicted octanol–water partition coefficient (Wildman–Crippen LogP) is 11.3. The maximum atomic E-state index is 12.8. The highest BCUT2D eigenvalue weighted by molar-refractivity contribution is 6.33. The Balaban J connectivity index is 0.000000387. The van der Waals surface area contributed by atoms with Gasteiger partial charge in [-0.05, 0) is 48.5 Å². The fraction of sp³-hybridized carbons (Fsp3) is 0.118. The maximum Gasteiger partial charge on any atom is 0.418 e. The van der Waals surface area contributed by atoms with Crippen LogP contribution in [0.3, 0.4) is 0 Å². The molecule has 24 heteroatoms. The minimum atomic E-state index is -4.74. The molecule has 0 radical (unpaired) electrons. The van der Waals surface area contributed by atoms with Crippen LogP contribution in [-0.2, 0) is 24.7 Å². The first kappa shape index (κ1) is 49.4. The molecule has 4 aromatic carbocycles. The number of halogens is 16. The molecule has 8 nitrogen and oxygen atoms in total. The Morgan fingerprint density at radius 1 is 0.397 bits per heavy atom. The van der Waals surface area contributed by atoms with Crippen molar-refractivity contribution < 1.29 is 57.1 Å². The zero-order valence-corrected chi connectivity index (χ0v) is 29.8. The van der Waals surface area contributed by atoms with Crippen LogP contribution in [0.1, 0.15) is 55.6 Å². The smallest absolute Gasteiger partial charge is 0.397 e. The second-order valence-corrected chi connectivity index (χ2v) is 11.5. The van der Waals surface area contributed by atoms with Crippen molar-refractivity contribution in [2.75, 3.05) is 11.5 Å². The Kier molecular flexibility index (Phi) is 16.6. The van der Waals surface area contributed by atoms with Crippen LogP contribution in [0.4, 0.5) is 68.5 Å². The van der Waals surface area contributed by atoms with Gasteiger partial charge in [0.05, 0.1) is 89.2 Å². The number of nitrogens with two attached hydrogens (primary N) is 2. The van der Waals surface area contributed by atoms with Gasteiger partial charge in [0.25, 0.3) is 0 Å². The first-order valence-electron chi connectivity index (χ1n) is 14.1. The van der Waals surface area contributed by atoms with E-state index in [1.54, 1.807) is 0 Å². The second kappa shape index (κ2) is 19.5. The number of anilines is 2. The molecular weight excluding hydrogens is 874 g/mol. The van der Waals surface area contributed by atoms with Crippen LogP contribution < -0.4 is 11.5 Å². The SMILES string of the molecule is N#Cc1cc(C(F)(F)F)cc(C#N)c1N.N#Cc1cc(C(F)(F)F)cc(Cl)c1F.N#Cc1cc(C(F)(F)F)cc(Cl)c1N.N#Cc1cc(Cl)cc(C#N)c1C(F)(F)F. The fourth-order valence-electron chi connectivity index (χ4n) is 3.80. The third-order valence-corrected chi connectivity index (χ3v) is 7.24. The summed E-state index contributed by atoms with van der Waals surface area (Å²) in [5.41, 5.74) is 2.84. The molecule has 0 saturated heterocycles. The molecule has 0 fully saturated rings. The normalized spacial score (nSPS) is 10.8. The molecule has 0 amide bonds. The summed E-state index contributed by atoms with van der Waals surface area (Å²) >= 11 is 16.1. The minimum Gasteiger partial charge on any atom is -0.397 e. The molecule has 0 aliphatic carbocycles. The lowest BCUT2D eigenvalue weighted by Crippen LogP contribution is -2.10. The molecule has 0 bridgehead atoms. The van der Waals surface area contributed by atoms with Gasteiger partial charge in [-0.1, -0.05) is 34.8 Å². The van der Waals surface area contributed by atoms with Crippen molar-refractivity contribution in [2.24, 2.45) is 0 Å². The van der Waals surface area contributed by atoms with Crippen LogP contribution in [0.5, 0.6) is 0 Å². The summed E-state index contributed by atoms with van der Waals surface area (Å²) in [6.45, 7) is 0. The molecule has 300 valence electrons. The number of nitrogens with zero attached hydrogens (tertiary/aromatic N) is 6. The van der Waals surface area contributed by atoms with E-state index >= 15 is 0 Å². The molecule has 0 atom stereocenters. The van der Waals surface area contributed by atoms with Crippen molar-refractivity contribution >= 4 is 46.2 Å². The summed E-state index contributed by atoms with van der Waals surface area (Å²) < 4.78 is 160. The van der Waals surface area contributed by atoms with Crippen LogP contribution in [0, 0.1) is 73.8 Å². The van der Waals surface area contributed by atoms with Gasteiger partial charge in [-0.15, -0.1) is 0 Å². The molecule has 0 aliphatic rings. The van der Waals surface area contributed by atoms with Crippen molar-refractivity contribution in [1.82, 2.24) is 0 Å². The van der Waals surface area contributed by atoms with Gasteiger partial charge in [0.15, 0.2) is 5.82 Å². The number of nitrogen functional groups attached to an aromatic ring is 2. The van der Waals surface area contributed by atoms with E-state index < -0.39 is 74.5 Å². The van der Waals surface area contributed by atoms with Crippen molar-refractivity contribution in [3.63, 3.8) is 0 Å². The number of hydrogen-bond donors (Lipinski definition) is 2. The Labute approximate surface area is 331 Å². The number of benzene rings is 4. The lowest BCUT2D eigenvalue weighted by molar-refractivity contribution is -0.138. The minimum absolute atomic E-state index is 0.0731. The highest BCUT2D eigenvalue weighted by Crippen LogP contribution is 2.37. The van der Waals surface area contributed by atoms with Crippen LogP contribution in [0.2, 0.25) is 15.1 Å². The first-order chi connectivity index (χ1) is 26.5. The molecule has 0 saturated carbocycles. The molecule has 4 N–H and O–H groups in total. The molecular formula is C34H12Cl3F13N8. The number of rotatable bonds is 0. The van der Waals surface area contributed by atoms with Crippen LogP contribution >= 0.6 is 34.8 Å². The lowest BCUT2D eigenvalue weighted by atomic mass is 10.0. The van der Waals surface area contributed by atoms with E-state index in [4.69, 9.17) is 77.8 Å². The molecule has 0 spiro atoms. The topological polar surface area (TPSA) is 195 Å². The lowest BCUT2D eigenvalue weighted by Gasteiger charge is -2.10. The van der Waals surface area contributed by atoms with Crippen LogP contribution in [0.15, 0.2) is 48.5 Å². The van der Waals surface area contributed by atoms with Crippen LogP contribution in [0.25, 0.3) is 0 Å². The van der Waals surface area contributed by atoms with Crippen molar-refractivity contribution in [1.29, 1.82) is 31.6 Å². The summed E-state index contributed by atoms with van der Waals surface area (Å²) in [5.74, 6) is -1.14. The number of hydrogen-bond acceptors (Lipinski definition) is 8. The third-order valence-electron chi connectivity index (χ3n) is 6.43. The predicted molar refractivity (Wildman–Crippen MR) is 178 cm³/mol. The molecule has 4 rings (SSSR count). The van der Waals surface area contributed by atoms with Gasteiger partial charge in [0.2, 0.25) is 0 Å². The monoisotopic (exact) mass is 884 g/mol. The molecule has 0 aliphatic heterocycles. The molecule has 58 heavy (non-hydrogen) atoms. The van der Waals surface area contributed by atoms with Gasteiger partial charge in [-0.25, -0.2) is 4.39 Å². The van der Waals surface area contributed by atoms with Gasteiger partial charge in [0.1, 0.15) is 24.3 Å².